The van der Waals surface area contributed by atoms with Crippen LogP contribution in [-0.4, -0.2) is 43.0 Å². The second-order valence-electron chi connectivity index (χ2n) is 3.37. The van der Waals surface area contributed by atoms with Gasteiger partial charge in [0.2, 0.25) is 0 Å². The Morgan fingerprint density at radius 2 is 2.21 bits per heavy atom. The average Bonchev–Trinajstić information content (AvgIpc) is 2.19. The number of nitrogens with two attached hydrogens (primary N) is 1. The van der Waals surface area contributed by atoms with Crippen molar-refractivity contribution in [1.82, 2.24) is 0 Å². The lowest BCUT2D eigenvalue weighted by Gasteiger charge is -2.23. The summed E-state index contributed by atoms with van der Waals surface area (Å²) in [6, 6.07) is -0.706. The van der Waals surface area contributed by atoms with Crippen LogP contribution >= 0.6 is 0 Å². The first kappa shape index (κ1) is 11.4. The fourth-order valence-electron chi connectivity index (χ4n) is 1.30. The molecule has 1 unspecified atom stereocenters. The lowest BCUT2D eigenvalue weighted by molar-refractivity contribution is -0.155. The molecular formula is C9H17NO4. The third-order valence-electron chi connectivity index (χ3n) is 2.19. The SMILES string of the molecule is NC(CCO)C(=O)OC1CCOCC1. The van der Waals surface area contributed by atoms with Gasteiger partial charge in [-0.25, -0.2) is 0 Å². The Hall–Kier alpha value is -0.650. The minimum absolute atomic E-state index is 0.0685. The monoisotopic (exact) mass is 203 g/mol. The van der Waals surface area contributed by atoms with E-state index in [9.17, 15) is 4.79 Å². The van der Waals surface area contributed by atoms with Crippen LogP contribution in [0.4, 0.5) is 0 Å². The summed E-state index contributed by atoms with van der Waals surface area (Å²) in [5.74, 6) is -0.425. The van der Waals surface area contributed by atoms with Crippen molar-refractivity contribution in [2.24, 2.45) is 5.73 Å². The van der Waals surface area contributed by atoms with Gasteiger partial charge in [0.15, 0.2) is 0 Å². The molecule has 0 aromatic carbocycles. The number of ether oxygens (including phenoxy) is 2. The van der Waals surface area contributed by atoms with E-state index in [0.717, 1.165) is 12.8 Å². The second-order valence-corrected chi connectivity index (χ2v) is 3.37. The zero-order chi connectivity index (χ0) is 10.4. The predicted molar refractivity (Wildman–Crippen MR) is 49.6 cm³/mol. The van der Waals surface area contributed by atoms with Crippen molar-refractivity contribution in [1.29, 1.82) is 0 Å². The van der Waals surface area contributed by atoms with Gasteiger partial charge < -0.3 is 20.3 Å². The van der Waals surface area contributed by atoms with Gasteiger partial charge in [-0.2, -0.15) is 0 Å². The molecule has 1 saturated heterocycles. The van der Waals surface area contributed by atoms with Crippen molar-refractivity contribution in [2.75, 3.05) is 19.8 Å². The number of esters is 1. The number of aliphatic hydroxyl groups excluding tert-OH is 1. The van der Waals surface area contributed by atoms with E-state index in [1.165, 1.54) is 0 Å². The predicted octanol–water partition coefficient (Wildman–Crippen LogP) is -0.582. The number of carbonyl (C=O) groups excluding carboxylic acids is 1. The largest absolute Gasteiger partial charge is 0.461 e. The van der Waals surface area contributed by atoms with Gasteiger partial charge in [-0.3, -0.25) is 4.79 Å². The van der Waals surface area contributed by atoms with Crippen molar-refractivity contribution in [3.63, 3.8) is 0 Å². The first-order valence-corrected chi connectivity index (χ1v) is 4.88. The molecule has 5 nitrogen and oxygen atoms in total. The normalized spacial score (nSPS) is 20.4. The highest BCUT2D eigenvalue weighted by Gasteiger charge is 2.21. The second kappa shape index (κ2) is 5.95. The third kappa shape index (κ3) is 3.61. The minimum atomic E-state index is -0.706. The molecule has 0 aromatic rings. The van der Waals surface area contributed by atoms with Gasteiger partial charge in [0.1, 0.15) is 12.1 Å². The van der Waals surface area contributed by atoms with Crippen LogP contribution < -0.4 is 5.73 Å². The van der Waals surface area contributed by atoms with Gasteiger partial charge in [-0.15, -0.1) is 0 Å². The van der Waals surface area contributed by atoms with Gasteiger partial charge in [-0.05, 0) is 6.42 Å². The van der Waals surface area contributed by atoms with Crippen molar-refractivity contribution < 1.29 is 19.4 Å². The van der Waals surface area contributed by atoms with Crippen LogP contribution in [0.25, 0.3) is 0 Å². The molecule has 0 aliphatic carbocycles. The number of aliphatic hydroxyl groups is 1. The molecule has 3 N–H and O–H groups in total. The van der Waals surface area contributed by atoms with Gasteiger partial charge in [-0.1, -0.05) is 0 Å². The summed E-state index contributed by atoms with van der Waals surface area (Å²) < 4.78 is 10.3. The molecule has 1 atom stereocenters. The van der Waals surface area contributed by atoms with Crippen LogP contribution in [0, 0.1) is 0 Å². The maximum atomic E-state index is 11.3. The lowest BCUT2D eigenvalue weighted by Crippen LogP contribution is -2.37. The lowest BCUT2D eigenvalue weighted by atomic mass is 10.1. The zero-order valence-corrected chi connectivity index (χ0v) is 8.15. The Kier molecular flexibility index (Phi) is 4.86. The van der Waals surface area contributed by atoms with Crippen LogP contribution in [0.1, 0.15) is 19.3 Å². The maximum Gasteiger partial charge on any atom is 0.323 e. The number of hydrogen-bond acceptors (Lipinski definition) is 5. The van der Waals surface area contributed by atoms with E-state index >= 15 is 0 Å². The van der Waals surface area contributed by atoms with Gasteiger partial charge in [0, 0.05) is 19.4 Å². The van der Waals surface area contributed by atoms with Gasteiger partial charge in [0.05, 0.1) is 13.2 Å². The van der Waals surface area contributed by atoms with E-state index in [0.29, 0.717) is 13.2 Å². The molecular weight excluding hydrogens is 186 g/mol. The van der Waals surface area contributed by atoms with Crippen LogP contribution in [-0.2, 0) is 14.3 Å². The molecule has 1 rings (SSSR count). The van der Waals surface area contributed by atoms with Crippen LogP contribution in [0.2, 0.25) is 0 Å². The summed E-state index contributed by atoms with van der Waals surface area (Å²) >= 11 is 0. The third-order valence-corrected chi connectivity index (χ3v) is 2.19. The summed E-state index contributed by atoms with van der Waals surface area (Å²) in [7, 11) is 0. The molecule has 5 heteroatoms. The summed E-state index contributed by atoms with van der Waals surface area (Å²) in [5, 5.41) is 8.58. The standard InChI is InChI=1S/C9H17NO4/c10-8(1-4-11)9(12)14-7-2-5-13-6-3-7/h7-8,11H,1-6,10H2. The van der Waals surface area contributed by atoms with E-state index in [2.05, 4.69) is 0 Å². The van der Waals surface area contributed by atoms with E-state index in [4.69, 9.17) is 20.3 Å². The first-order valence-electron chi connectivity index (χ1n) is 4.88. The van der Waals surface area contributed by atoms with Crippen molar-refractivity contribution in [3.8, 4) is 0 Å². The molecule has 1 fully saturated rings. The zero-order valence-electron chi connectivity index (χ0n) is 8.15. The smallest absolute Gasteiger partial charge is 0.323 e. The number of carbonyl (C=O) groups is 1. The Morgan fingerprint density at radius 3 is 2.79 bits per heavy atom. The highest BCUT2D eigenvalue weighted by atomic mass is 16.6. The molecule has 1 aliphatic rings. The summed E-state index contributed by atoms with van der Waals surface area (Å²) in [6.07, 6.45) is 1.65. The van der Waals surface area contributed by atoms with Crippen LogP contribution in [0.3, 0.4) is 0 Å². The van der Waals surface area contributed by atoms with Crippen molar-refractivity contribution in [3.05, 3.63) is 0 Å². The molecule has 0 spiro atoms. The number of hydrogen-bond donors (Lipinski definition) is 2. The van der Waals surface area contributed by atoms with E-state index in [1.807, 2.05) is 0 Å². The van der Waals surface area contributed by atoms with Crippen LogP contribution in [0.5, 0.6) is 0 Å². The summed E-state index contributed by atoms with van der Waals surface area (Å²) in [5.41, 5.74) is 5.48. The average molecular weight is 203 g/mol. The molecule has 1 heterocycles. The first-order chi connectivity index (χ1) is 6.74. The summed E-state index contributed by atoms with van der Waals surface area (Å²) in [6.45, 7) is 1.17. The molecule has 0 saturated carbocycles. The molecule has 1 aliphatic heterocycles. The molecule has 0 bridgehead atoms. The molecule has 0 radical (unpaired) electrons. The highest BCUT2D eigenvalue weighted by molar-refractivity contribution is 5.75. The van der Waals surface area contributed by atoms with E-state index in [1.54, 1.807) is 0 Å². The Bertz CT molecular complexity index is 180. The van der Waals surface area contributed by atoms with Crippen molar-refractivity contribution in [2.45, 2.75) is 31.4 Å². The van der Waals surface area contributed by atoms with Crippen LogP contribution in [0.15, 0.2) is 0 Å². The number of rotatable bonds is 4. The molecule has 82 valence electrons. The fourth-order valence-corrected chi connectivity index (χ4v) is 1.30. The summed E-state index contributed by atoms with van der Waals surface area (Å²) in [4.78, 5) is 11.3. The molecule has 14 heavy (non-hydrogen) atoms. The maximum absolute atomic E-state index is 11.3. The van der Waals surface area contributed by atoms with E-state index < -0.39 is 12.0 Å². The topological polar surface area (TPSA) is 81.8 Å². The minimum Gasteiger partial charge on any atom is -0.461 e. The Morgan fingerprint density at radius 1 is 1.57 bits per heavy atom. The van der Waals surface area contributed by atoms with Gasteiger partial charge in [0.25, 0.3) is 0 Å². The Labute approximate surface area is 83.2 Å². The molecule has 0 amide bonds. The van der Waals surface area contributed by atoms with E-state index in [-0.39, 0.29) is 19.1 Å². The Balaban J connectivity index is 2.24. The quantitative estimate of drug-likeness (QED) is 0.597. The molecule has 0 aromatic heterocycles. The van der Waals surface area contributed by atoms with Crippen molar-refractivity contribution >= 4 is 5.97 Å². The fraction of sp³-hybridized carbons (Fsp3) is 0.889. The van der Waals surface area contributed by atoms with Gasteiger partial charge >= 0.3 is 5.97 Å². The highest BCUT2D eigenvalue weighted by Crippen LogP contribution is 2.11.